The number of hydrogen-bond donors (Lipinski definition) is 0. The van der Waals surface area contributed by atoms with Gasteiger partial charge in [0.1, 0.15) is 0 Å². The Kier molecular flexibility index (Phi) is 4.55. The molecule has 0 aromatic heterocycles. The lowest BCUT2D eigenvalue weighted by atomic mass is 10.1. The quantitative estimate of drug-likeness (QED) is 0.477. The van der Waals surface area contributed by atoms with Crippen LogP contribution in [0.1, 0.15) is 32.1 Å². The lowest BCUT2D eigenvalue weighted by Gasteiger charge is -2.25. The molecule has 1 rings (SSSR count). The standard InChI is InChI=1S/C9H16N2O/c12-10-6-2-5-9-11-7-3-1-4-8-11/h1-5,7-9H2. The van der Waals surface area contributed by atoms with E-state index in [4.69, 9.17) is 0 Å². The summed E-state index contributed by atoms with van der Waals surface area (Å²) in [5.74, 6) is 0. The summed E-state index contributed by atoms with van der Waals surface area (Å²) >= 11 is 0. The third kappa shape index (κ3) is 3.59. The van der Waals surface area contributed by atoms with Crippen LogP contribution in [-0.4, -0.2) is 24.5 Å². The van der Waals surface area contributed by atoms with Crippen LogP contribution in [-0.2, 0) is 0 Å². The molecule has 0 amide bonds. The van der Waals surface area contributed by atoms with Crippen LogP contribution in [0.25, 0.3) is 5.01 Å². The average molecular weight is 168 g/mol. The van der Waals surface area contributed by atoms with Crippen LogP contribution >= 0.6 is 0 Å². The second-order valence-electron chi connectivity index (χ2n) is 3.26. The Morgan fingerprint density at radius 2 is 2.00 bits per heavy atom. The van der Waals surface area contributed by atoms with Gasteiger partial charge in [0.05, 0.1) is 6.42 Å². The van der Waals surface area contributed by atoms with Crippen molar-refractivity contribution >= 4 is 0 Å². The van der Waals surface area contributed by atoms with E-state index in [9.17, 15) is 5.21 Å². The number of piperidine rings is 1. The summed E-state index contributed by atoms with van der Waals surface area (Å²) in [5.41, 5.74) is 0. The van der Waals surface area contributed by atoms with Crippen molar-refractivity contribution in [3.63, 3.8) is 0 Å². The van der Waals surface area contributed by atoms with Gasteiger partial charge in [0.15, 0.2) is 0 Å². The maximum atomic E-state index is 9.68. The molecule has 0 bridgehead atoms. The molecule has 0 aromatic rings. The second-order valence-corrected chi connectivity index (χ2v) is 3.26. The lowest BCUT2D eigenvalue weighted by Crippen LogP contribution is -2.30. The molecule has 3 heteroatoms. The summed E-state index contributed by atoms with van der Waals surface area (Å²) in [6.45, 7) is 3.56. The summed E-state index contributed by atoms with van der Waals surface area (Å²) in [6.07, 6.45) is 5.77. The zero-order chi connectivity index (χ0) is 8.65. The highest BCUT2D eigenvalue weighted by molar-refractivity contribution is 4.86. The molecule has 68 valence electrons. The van der Waals surface area contributed by atoms with Gasteiger partial charge in [-0.2, -0.15) is 0 Å². The van der Waals surface area contributed by atoms with Crippen molar-refractivity contribution < 1.29 is 0 Å². The van der Waals surface area contributed by atoms with E-state index in [1.165, 1.54) is 32.4 Å². The molecule has 0 unspecified atom stereocenters. The van der Waals surface area contributed by atoms with E-state index in [2.05, 4.69) is 16.0 Å². The van der Waals surface area contributed by atoms with Crippen molar-refractivity contribution in [2.75, 3.05) is 19.6 Å². The molecule has 0 aliphatic carbocycles. The highest BCUT2D eigenvalue weighted by atomic mass is 16.4. The molecule has 12 heavy (non-hydrogen) atoms. The summed E-state index contributed by atoms with van der Waals surface area (Å²) in [7, 11) is 0. The first-order chi connectivity index (χ1) is 5.93. The summed E-state index contributed by atoms with van der Waals surface area (Å²) in [4.78, 5) is 2.45. The second kappa shape index (κ2) is 5.84. The van der Waals surface area contributed by atoms with Crippen LogP contribution in [0.15, 0.2) is 0 Å². The third-order valence-electron chi connectivity index (χ3n) is 2.28. The fourth-order valence-corrected chi connectivity index (χ4v) is 1.61. The zero-order valence-corrected chi connectivity index (χ0v) is 7.46. The predicted molar refractivity (Wildman–Crippen MR) is 50.1 cm³/mol. The Labute approximate surface area is 73.8 Å². The van der Waals surface area contributed by atoms with Gasteiger partial charge in [-0.05, 0) is 38.9 Å². The molecular formula is C9H16N2O. The van der Waals surface area contributed by atoms with Gasteiger partial charge in [0.2, 0.25) is 0 Å². The maximum absolute atomic E-state index is 9.68. The molecule has 0 saturated carbocycles. The Bertz CT molecular complexity index is 165. The Balaban J connectivity index is 2.00. The van der Waals surface area contributed by atoms with Gasteiger partial charge in [-0.15, -0.1) is 0 Å². The summed E-state index contributed by atoms with van der Waals surface area (Å²) < 4.78 is 0. The maximum Gasteiger partial charge on any atom is 0.298 e. The fourth-order valence-electron chi connectivity index (χ4n) is 1.61. The molecule has 1 heterocycles. The molecular weight excluding hydrogens is 152 g/mol. The minimum absolute atomic E-state index is 0.708. The molecule has 1 aliphatic heterocycles. The third-order valence-corrected chi connectivity index (χ3v) is 2.28. The van der Waals surface area contributed by atoms with Crippen LogP contribution in [0, 0.1) is 11.3 Å². The molecule has 0 radical (unpaired) electrons. The smallest absolute Gasteiger partial charge is 0.298 e. The molecule has 1 fully saturated rings. The monoisotopic (exact) mass is 168 g/mol. The Morgan fingerprint density at radius 1 is 1.25 bits per heavy atom. The van der Waals surface area contributed by atoms with Crippen molar-refractivity contribution in [1.29, 1.82) is 0 Å². The van der Waals surface area contributed by atoms with E-state index in [1.807, 2.05) is 0 Å². The van der Waals surface area contributed by atoms with E-state index in [0.717, 1.165) is 13.0 Å². The molecule has 0 spiro atoms. The number of unbranched alkanes of at least 4 members (excludes halogenated alkanes) is 1. The van der Waals surface area contributed by atoms with Gasteiger partial charge in [-0.3, -0.25) is 0 Å². The SMILES string of the molecule is [O-][N+]#CCCCN1CCCCC1. The van der Waals surface area contributed by atoms with Crippen molar-refractivity contribution in [3.8, 4) is 6.07 Å². The molecule has 1 saturated heterocycles. The predicted octanol–water partition coefficient (Wildman–Crippen LogP) is 2.08. The number of likely N-dealkylation sites (tertiary alicyclic amines) is 1. The topological polar surface area (TPSA) is 30.7 Å². The lowest BCUT2D eigenvalue weighted by molar-refractivity contribution is 0.227. The van der Waals surface area contributed by atoms with E-state index in [1.54, 1.807) is 0 Å². The molecule has 3 nitrogen and oxygen atoms in total. The van der Waals surface area contributed by atoms with Crippen molar-refractivity contribution in [2.24, 2.45) is 0 Å². The van der Waals surface area contributed by atoms with E-state index < -0.39 is 0 Å². The zero-order valence-electron chi connectivity index (χ0n) is 7.46. The van der Waals surface area contributed by atoms with Gasteiger partial charge in [0, 0.05) is 5.01 Å². The highest BCUT2D eigenvalue weighted by Crippen LogP contribution is 2.08. The Hall–Kier alpha value is -0.750. The summed E-state index contributed by atoms with van der Waals surface area (Å²) in [5, 5.41) is 12.3. The molecule has 1 aliphatic rings. The average Bonchev–Trinajstić information content (AvgIpc) is 2.14. The van der Waals surface area contributed by atoms with Crippen LogP contribution in [0.4, 0.5) is 0 Å². The van der Waals surface area contributed by atoms with Gasteiger partial charge in [-0.25, -0.2) is 0 Å². The van der Waals surface area contributed by atoms with E-state index in [-0.39, 0.29) is 0 Å². The van der Waals surface area contributed by atoms with Crippen molar-refractivity contribution in [3.05, 3.63) is 10.2 Å². The van der Waals surface area contributed by atoms with Gasteiger partial charge in [-0.1, -0.05) is 6.42 Å². The van der Waals surface area contributed by atoms with Crippen LogP contribution in [0.3, 0.4) is 0 Å². The number of hydrogen-bond acceptors (Lipinski definition) is 2. The van der Waals surface area contributed by atoms with Gasteiger partial charge in [0.25, 0.3) is 6.07 Å². The Morgan fingerprint density at radius 3 is 2.67 bits per heavy atom. The highest BCUT2D eigenvalue weighted by Gasteiger charge is 2.08. The van der Waals surface area contributed by atoms with Crippen LogP contribution in [0.5, 0.6) is 0 Å². The molecule has 0 N–H and O–H groups in total. The van der Waals surface area contributed by atoms with Crippen LogP contribution in [0.2, 0.25) is 0 Å². The number of nitrogens with zero attached hydrogens (tertiary/aromatic N) is 2. The van der Waals surface area contributed by atoms with Gasteiger partial charge < -0.3 is 10.1 Å². The van der Waals surface area contributed by atoms with Gasteiger partial charge >= 0.3 is 0 Å². The van der Waals surface area contributed by atoms with Crippen molar-refractivity contribution in [1.82, 2.24) is 4.90 Å². The van der Waals surface area contributed by atoms with E-state index >= 15 is 0 Å². The normalized spacial score (nSPS) is 18.3. The number of rotatable bonds is 3. The minimum atomic E-state index is 0.708. The molecule has 0 atom stereocenters. The molecule has 0 aromatic carbocycles. The first kappa shape index (κ1) is 9.34. The van der Waals surface area contributed by atoms with Crippen LogP contribution < -0.4 is 0 Å². The van der Waals surface area contributed by atoms with E-state index in [0.29, 0.717) is 6.42 Å². The minimum Gasteiger partial charge on any atom is -0.498 e. The van der Waals surface area contributed by atoms with Crippen molar-refractivity contribution in [2.45, 2.75) is 32.1 Å². The fraction of sp³-hybridized carbons (Fsp3) is 0.889. The largest absolute Gasteiger partial charge is 0.498 e. The first-order valence-corrected chi connectivity index (χ1v) is 4.71. The summed E-state index contributed by atoms with van der Waals surface area (Å²) in [6, 6.07) is 2.43. The first-order valence-electron chi connectivity index (χ1n) is 4.71.